The minimum Gasteiger partial charge on any atom is -0.854 e. The SMILES string of the molecule is [K+].[O-]CCCN1CCCC1. The third-order valence-corrected chi connectivity index (χ3v) is 1.82. The van der Waals surface area contributed by atoms with Crippen LogP contribution in [0.1, 0.15) is 19.3 Å². The van der Waals surface area contributed by atoms with Crippen LogP contribution in [0.5, 0.6) is 0 Å². The van der Waals surface area contributed by atoms with Crippen molar-refractivity contribution in [1.82, 2.24) is 4.90 Å². The fourth-order valence-corrected chi connectivity index (χ4v) is 1.29. The molecule has 0 aromatic carbocycles. The van der Waals surface area contributed by atoms with Gasteiger partial charge in [0.05, 0.1) is 0 Å². The second-order valence-electron chi connectivity index (χ2n) is 2.61. The molecule has 0 unspecified atom stereocenters. The summed E-state index contributed by atoms with van der Waals surface area (Å²) in [6.07, 6.45) is 3.50. The van der Waals surface area contributed by atoms with E-state index in [1.54, 1.807) is 0 Å². The second kappa shape index (κ2) is 7.22. The zero-order chi connectivity index (χ0) is 6.53. The summed E-state index contributed by atoms with van der Waals surface area (Å²) in [5, 5.41) is 10.1. The van der Waals surface area contributed by atoms with Crippen molar-refractivity contribution in [1.29, 1.82) is 0 Å². The molecule has 0 N–H and O–H groups in total. The Morgan fingerprint density at radius 3 is 2.30 bits per heavy atom. The second-order valence-corrected chi connectivity index (χ2v) is 2.61. The van der Waals surface area contributed by atoms with Gasteiger partial charge in [-0.2, -0.15) is 0 Å². The van der Waals surface area contributed by atoms with Crippen LogP contribution in [0.2, 0.25) is 0 Å². The van der Waals surface area contributed by atoms with Crippen LogP contribution >= 0.6 is 0 Å². The molecule has 54 valence electrons. The standard InChI is InChI=1S/C7H14NO.K/c9-7-3-6-8-4-1-2-5-8;/h1-7H2;/q-1;+1. The summed E-state index contributed by atoms with van der Waals surface area (Å²) in [4.78, 5) is 2.37. The average Bonchev–Trinajstić information content (AvgIpc) is 2.34. The quantitative estimate of drug-likeness (QED) is 0.415. The molecule has 1 aliphatic heterocycles. The summed E-state index contributed by atoms with van der Waals surface area (Å²) in [5.41, 5.74) is 0. The van der Waals surface area contributed by atoms with Gasteiger partial charge in [-0.25, -0.2) is 0 Å². The van der Waals surface area contributed by atoms with Crippen molar-refractivity contribution in [2.24, 2.45) is 0 Å². The first kappa shape index (κ1) is 11.6. The van der Waals surface area contributed by atoms with Gasteiger partial charge in [0.25, 0.3) is 0 Å². The van der Waals surface area contributed by atoms with Crippen LogP contribution in [0, 0.1) is 0 Å². The Hall–Kier alpha value is 1.56. The van der Waals surface area contributed by atoms with Crippen LogP contribution in [-0.2, 0) is 0 Å². The molecule has 0 bridgehead atoms. The maximum atomic E-state index is 10.1. The van der Waals surface area contributed by atoms with E-state index in [0.717, 1.165) is 13.0 Å². The van der Waals surface area contributed by atoms with Crippen LogP contribution in [0.4, 0.5) is 0 Å². The predicted octanol–water partition coefficient (Wildman–Crippen LogP) is -3.16. The molecule has 3 heteroatoms. The third-order valence-electron chi connectivity index (χ3n) is 1.82. The number of hydrogen-bond acceptors (Lipinski definition) is 2. The van der Waals surface area contributed by atoms with Crippen LogP contribution in [-0.4, -0.2) is 31.1 Å². The summed E-state index contributed by atoms with van der Waals surface area (Å²) in [6, 6.07) is 0. The van der Waals surface area contributed by atoms with Gasteiger partial charge in [0.2, 0.25) is 0 Å². The van der Waals surface area contributed by atoms with E-state index >= 15 is 0 Å². The largest absolute Gasteiger partial charge is 1.00 e. The Bertz CT molecular complexity index is 74.0. The molecule has 0 radical (unpaired) electrons. The van der Waals surface area contributed by atoms with Gasteiger partial charge in [0.15, 0.2) is 0 Å². The van der Waals surface area contributed by atoms with Crippen molar-refractivity contribution < 1.29 is 56.5 Å². The minimum atomic E-state index is 0. The van der Waals surface area contributed by atoms with Gasteiger partial charge >= 0.3 is 51.4 Å². The predicted molar refractivity (Wildman–Crippen MR) is 35.2 cm³/mol. The van der Waals surface area contributed by atoms with E-state index in [-0.39, 0.29) is 58.0 Å². The molecule has 0 amide bonds. The van der Waals surface area contributed by atoms with Gasteiger partial charge in [-0.15, -0.1) is 6.61 Å². The first-order valence-electron chi connectivity index (χ1n) is 3.74. The van der Waals surface area contributed by atoms with Gasteiger partial charge in [-0.05, 0) is 32.5 Å². The van der Waals surface area contributed by atoms with Gasteiger partial charge in [0, 0.05) is 0 Å². The first-order valence-corrected chi connectivity index (χ1v) is 3.74. The van der Waals surface area contributed by atoms with Crippen molar-refractivity contribution >= 4 is 0 Å². The van der Waals surface area contributed by atoms with E-state index in [2.05, 4.69) is 4.90 Å². The molecule has 1 fully saturated rings. The average molecular weight is 167 g/mol. The molecule has 2 nitrogen and oxygen atoms in total. The van der Waals surface area contributed by atoms with Crippen molar-refractivity contribution in [2.45, 2.75) is 19.3 Å². The Morgan fingerprint density at radius 2 is 1.80 bits per heavy atom. The zero-order valence-electron chi connectivity index (χ0n) is 6.81. The van der Waals surface area contributed by atoms with E-state index < -0.39 is 0 Å². The molecular formula is C7H14KNO. The van der Waals surface area contributed by atoms with Gasteiger partial charge in [0.1, 0.15) is 0 Å². The Labute approximate surface area is 105 Å². The van der Waals surface area contributed by atoms with E-state index in [1.165, 1.54) is 25.9 Å². The molecule has 10 heavy (non-hydrogen) atoms. The third kappa shape index (κ3) is 4.44. The summed E-state index contributed by atoms with van der Waals surface area (Å²) in [5.74, 6) is 0. The van der Waals surface area contributed by atoms with Crippen molar-refractivity contribution in [3.8, 4) is 0 Å². The number of hydrogen-bond donors (Lipinski definition) is 0. The molecule has 0 aromatic heterocycles. The van der Waals surface area contributed by atoms with Crippen LogP contribution < -0.4 is 56.5 Å². The first-order chi connectivity index (χ1) is 4.43. The smallest absolute Gasteiger partial charge is 0.854 e. The molecule has 1 heterocycles. The van der Waals surface area contributed by atoms with Crippen molar-refractivity contribution in [3.63, 3.8) is 0 Å². The molecule has 0 aromatic rings. The van der Waals surface area contributed by atoms with E-state index in [1.807, 2.05) is 0 Å². The van der Waals surface area contributed by atoms with E-state index in [4.69, 9.17) is 0 Å². The Balaban J connectivity index is 0.000000810. The molecule has 0 aliphatic carbocycles. The fraction of sp³-hybridized carbons (Fsp3) is 1.00. The van der Waals surface area contributed by atoms with Crippen molar-refractivity contribution in [2.75, 3.05) is 26.2 Å². The molecule has 1 rings (SSSR count). The van der Waals surface area contributed by atoms with Gasteiger partial charge < -0.3 is 10.0 Å². The summed E-state index contributed by atoms with van der Waals surface area (Å²) < 4.78 is 0. The zero-order valence-corrected chi connectivity index (χ0v) is 9.93. The molecule has 0 saturated carbocycles. The number of nitrogens with zero attached hydrogens (tertiary/aromatic N) is 1. The van der Waals surface area contributed by atoms with Crippen LogP contribution in [0.3, 0.4) is 0 Å². The van der Waals surface area contributed by atoms with E-state index in [0.29, 0.717) is 0 Å². The maximum Gasteiger partial charge on any atom is 1.00 e. The van der Waals surface area contributed by atoms with Crippen LogP contribution in [0.25, 0.3) is 0 Å². The summed E-state index contributed by atoms with van der Waals surface area (Å²) in [7, 11) is 0. The van der Waals surface area contributed by atoms with Crippen molar-refractivity contribution in [3.05, 3.63) is 0 Å². The van der Waals surface area contributed by atoms with Crippen LogP contribution in [0.15, 0.2) is 0 Å². The van der Waals surface area contributed by atoms with Gasteiger partial charge in [-0.1, -0.05) is 6.42 Å². The van der Waals surface area contributed by atoms with Gasteiger partial charge in [-0.3, -0.25) is 0 Å². The number of likely N-dealkylation sites (tertiary alicyclic amines) is 1. The Kier molecular flexibility index (Phi) is 8.34. The summed E-state index contributed by atoms with van der Waals surface area (Å²) >= 11 is 0. The fourth-order valence-electron chi connectivity index (χ4n) is 1.29. The molecule has 0 atom stereocenters. The topological polar surface area (TPSA) is 26.3 Å². The number of rotatable bonds is 3. The molecule has 0 spiro atoms. The summed E-state index contributed by atoms with van der Waals surface area (Å²) in [6.45, 7) is 3.57. The normalized spacial score (nSPS) is 18.9. The van der Waals surface area contributed by atoms with E-state index in [9.17, 15) is 5.11 Å². The minimum absolute atomic E-state index is 0. The molecule has 1 saturated heterocycles. The maximum absolute atomic E-state index is 10.1. The Morgan fingerprint density at radius 1 is 1.20 bits per heavy atom. The molecular weight excluding hydrogens is 153 g/mol. The monoisotopic (exact) mass is 167 g/mol. The molecule has 1 aliphatic rings.